The summed E-state index contributed by atoms with van der Waals surface area (Å²) in [5, 5.41) is 0.399. The third-order valence-electron chi connectivity index (χ3n) is 6.62. The van der Waals surface area contributed by atoms with Gasteiger partial charge in [0.1, 0.15) is 0 Å². The minimum Gasteiger partial charge on any atom is -0.493 e. The Bertz CT molecular complexity index is 1340. The van der Waals surface area contributed by atoms with E-state index >= 15 is 0 Å². The second-order valence-corrected chi connectivity index (χ2v) is 9.03. The zero-order valence-electron chi connectivity index (χ0n) is 19.3. The van der Waals surface area contributed by atoms with Crippen molar-refractivity contribution < 1.29 is 23.9 Å². The Morgan fingerprint density at radius 3 is 2.20 bits per heavy atom. The van der Waals surface area contributed by atoms with Crippen molar-refractivity contribution in [2.24, 2.45) is 0 Å². The minimum absolute atomic E-state index is 0.0155. The topological polar surface area (TPSA) is 76.2 Å². The molecule has 2 aliphatic heterocycles. The molecule has 0 aliphatic carbocycles. The van der Waals surface area contributed by atoms with E-state index in [0.717, 1.165) is 10.5 Å². The van der Waals surface area contributed by atoms with Crippen LogP contribution in [0.3, 0.4) is 0 Å². The molecule has 2 aliphatic rings. The fourth-order valence-electron chi connectivity index (χ4n) is 4.90. The van der Waals surface area contributed by atoms with Crippen molar-refractivity contribution in [2.75, 3.05) is 19.1 Å². The highest BCUT2D eigenvalue weighted by Gasteiger charge is 2.63. The number of hydrogen-bond acceptors (Lipinski definition) is 5. The monoisotopic (exact) mass is 490 g/mol. The van der Waals surface area contributed by atoms with Crippen molar-refractivity contribution in [3.8, 4) is 11.5 Å². The number of methoxy groups -OCH3 is 2. The molecule has 0 bridgehead atoms. The van der Waals surface area contributed by atoms with Crippen molar-refractivity contribution >= 4 is 35.0 Å². The molecule has 0 saturated carbocycles. The average molecular weight is 491 g/mol. The van der Waals surface area contributed by atoms with Crippen LogP contribution in [0.4, 0.5) is 5.69 Å². The summed E-state index contributed by atoms with van der Waals surface area (Å²) in [7, 11) is 3.05. The summed E-state index contributed by atoms with van der Waals surface area (Å²) in [4.78, 5) is 43.7. The summed E-state index contributed by atoms with van der Waals surface area (Å²) < 4.78 is 10.6. The largest absolute Gasteiger partial charge is 0.493 e. The number of halogens is 1. The van der Waals surface area contributed by atoms with E-state index in [1.54, 1.807) is 41.3 Å². The molecule has 178 valence electrons. The highest BCUT2D eigenvalue weighted by atomic mass is 35.5. The van der Waals surface area contributed by atoms with Crippen molar-refractivity contribution in [1.82, 2.24) is 4.90 Å². The lowest BCUT2D eigenvalue weighted by Crippen LogP contribution is -2.46. The van der Waals surface area contributed by atoms with Gasteiger partial charge < -0.3 is 14.4 Å². The molecule has 1 saturated heterocycles. The molecule has 35 heavy (non-hydrogen) atoms. The Morgan fingerprint density at radius 1 is 0.800 bits per heavy atom. The summed E-state index contributed by atoms with van der Waals surface area (Å²) >= 11 is 6.29. The predicted molar refractivity (Wildman–Crippen MR) is 130 cm³/mol. The average Bonchev–Trinajstić information content (AvgIpc) is 3.25. The van der Waals surface area contributed by atoms with E-state index in [9.17, 15) is 14.4 Å². The van der Waals surface area contributed by atoms with Crippen molar-refractivity contribution in [1.29, 1.82) is 0 Å². The van der Waals surface area contributed by atoms with Gasteiger partial charge in [0, 0.05) is 16.3 Å². The SMILES string of the molecule is COc1ccc(CN2C(=O)CC3(C2=O)C(=O)N(Cc2ccccc2)c2ccc(Cl)cc23)cc1OC. The maximum atomic E-state index is 13.9. The first-order valence-electron chi connectivity index (χ1n) is 11.1. The van der Waals surface area contributed by atoms with Crippen LogP contribution in [0.15, 0.2) is 66.7 Å². The molecule has 2 heterocycles. The number of likely N-dealkylation sites (tertiary alicyclic amines) is 1. The molecule has 0 radical (unpaired) electrons. The van der Waals surface area contributed by atoms with Crippen molar-refractivity contribution in [2.45, 2.75) is 24.9 Å². The first-order valence-corrected chi connectivity index (χ1v) is 11.5. The number of carbonyl (C=O) groups is 3. The second-order valence-electron chi connectivity index (χ2n) is 8.59. The van der Waals surface area contributed by atoms with Crippen molar-refractivity contribution in [3.63, 3.8) is 0 Å². The van der Waals surface area contributed by atoms with E-state index in [4.69, 9.17) is 21.1 Å². The number of anilines is 1. The molecule has 1 atom stereocenters. The van der Waals surface area contributed by atoms with Crippen LogP contribution in [0.1, 0.15) is 23.1 Å². The summed E-state index contributed by atoms with van der Waals surface area (Å²) in [5.41, 5.74) is 1.04. The lowest BCUT2D eigenvalue weighted by molar-refractivity contribution is -0.142. The van der Waals surface area contributed by atoms with Crippen molar-refractivity contribution in [3.05, 3.63) is 88.4 Å². The van der Waals surface area contributed by atoms with Gasteiger partial charge in [-0.05, 0) is 41.5 Å². The van der Waals surface area contributed by atoms with Crippen LogP contribution < -0.4 is 14.4 Å². The van der Waals surface area contributed by atoms with Crippen LogP contribution >= 0.6 is 11.6 Å². The van der Waals surface area contributed by atoms with Gasteiger partial charge in [-0.15, -0.1) is 0 Å². The Hall–Kier alpha value is -3.84. The van der Waals surface area contributed by atoms with Crippen LogP contribution in [0, 0.1) is 0 Å². The number of ether oxygens (including phenoxy) is 2. The highest BCUT2D eigenvalue weighted by Crippen LogP contribution is 2.50. The van der Waals surface area contributed by atoms with Gasteiger partial charge in [-0.2, -0.15) is 0 Å². The lowest BCUT2D eigenvalue weighted by atomic mass is 9.80. The fourth-order valence-corrected chi connectivity index (χ4v) is 5.08. The van der Waals surface area contributed by atoms with Gasteiger partial charge in [-0.3, -0.25) is 19.3 Å². The van der Waals surface area contributed by atoms with E-state index in [0.29, 0.717) is 33.3 Å². The maximum absolute atomic E-state index is 13.9. The van der Waals surface area contributed by atoms with E-state index in [1.165, 1.54) is 14.2 Å². The Labute approximate surface area is 207 Å². The number of carbonyl (C=O) groups excluding carboxylic acids is 3. The molecule has 7 nitrogen and oxygen atoms in total. The Balaban J connectivity index is 1.52. The molecule has 8 heteroatoms. The predicted octanol–water partition coefficient (Wildman–Crippen LogP) is 4.10. The normalized spacial score (nSPS) is 19.0. The smallest absolute Gasteiger partial charge is 0.250 e. The molecule has 3 amide bonds. The van der Waals surface area contributed by atoms with Crippen LogP contribution in [-0.4, -0.2) is 36.8 Å². The first-order chi connectivity index (χ1) is 16.9. The van der Waals surface area contributed by atoms with Gasteiger partial charge in [0.15, 0.2) is 16.9 Å². The number of hydrogen-bond donors (Lipinski definition) is 0. The van der Waals surface area contributed by atoms with Gasteiger partial charge >= 0.3 is 0 Å². The lowest BCUT2D eigenvalue weighted by Gasteiger charge is -2.23. The second kappa shape index (κ2) is 8.74. The molecule has 1 spiro atoms. The molecule has 3 aromatic rings. The highest BCUT2D eigenvalue weighted by molar-refractivity contribution is 6.32. The van der Waals surface area contributed by atoms with Gasteiger partial charge in [0.05, 0.1) is 33.7 Å². The van der Waals surface area contributed by atoms with E-state index in [1.807, 2.05) is 30.3 Å². The summed E-state index contributed by atoms with van der Waals surface area (Å²) in [5.74, 6) is -0.335. The number of rotatable bonds is 6. The van der Waals surface area contributed by atoms with E-state index in [-0.39, 0.29) is 19.5 Å². The van der Waals surface area contributed by atoms with Gasteiger partial charge in [0.2, 0.25) is 17.7 Å². The number of nitrogens with zero attached hydrogens (tertiary/aromatic N) is 2. The molecule has 1 unspecified atom stereocenters. The third kappa shape index (κ3) is 3.63. The molecule has 0 N–H and O–H groups in total. The molecular weight excluding hydrogens is 468 g/mol. The number of amides is 3. The number of fused-ring (bicyclic) bond motifs is 2. The van der Waals surface area contributed by atoms with Gasteiger partial charge in [0.25, 0.3) is 0 Å². The van der Waals surface area contributed by atoms with E-state index in [2.05, 4.69) is 0 Å². The number of imide groups is 1. The zero-order chi connectivity index (χ0) is 24.7. The molecular formula is C27H23ClN2O5. The van der Waals surface area contributed by atoms with Crippen LogP contribution in [-0.2, 0) is 32.9 Å². The number of benzene rings is 3. The molecule has 3 aromatic carbocycles. The van der Waals surface area contributed by atoms with Gasteiger partial charge in [-0.25, -0.2) is 0 Å². The van der Waals surface area contributed by atoms with E-state index < -0.39 is 23.1 Å². The summed E-state index contributed by atoms with van der Waals surface area (Å²) in [6, 6.07) is 19.8. The van der Waals surface area contributed by atoms with Crippen LogP contribution in [0.2, 0.25) is 5.02 Å². The zero-order valence-corrected chi connectivity index (χ0v) is 20.0. The third-order valence-corrected chi connectivity index (χ3v) is 6.85. The maximum Gasteiger partial charge on any atom is 0.250 e. The Morgan fingerprint density at radius 2 is 1.49 bits per heavy atom. The molecule has 1 fully saturated rings. The standard InChI is InChI=1S/C27H23ClN2O5/c1-34-22-11-8-18(12-23(22)35-2)16-30-24(31)14-27(26(30)33)20-13-19(28)9-10-21(20)29(25(27)32)15-17-6-4-3-5-7-17/h3-13H,14-16H2,1-2H3. The Kier molecular flexibility index (Phi) is 5.73. The minimum atomic E-state index is -1.62. The molecule has 5 rings (SSSR count). The summed E-state index contributed by atoms with van der Waals surface area (Å²) in [6.45, 7) is 0.300. The molecule has 0 aromatic heterocycles. The van der Waals surface area contributed by atoms with Crippen LogP contribution in [0.5, 0.6) is 11.5 Å². The summed E-state index contributed by atoms with van der Waals surface area (Å²) in [6.07, 6.45) is -0.239. The first kappa shape index (κ1) is 22.9. The van der Waals surface area contributed by atoms with Gasteiger partial charge in [-0.1, -0.05) is 48.0 Å². The van der Waals surface area contributed by atoms with Crippen LogP contribution in [0.25, 0.3) is 0 Å². The quantitative estimate of drug-likeness (QED) is 0.384. The fraction of sp³-hybridized carbons (Fsp3) is 0.222.